The lowest BCUT2D eigenvalue weighted by Gasteiger charge is -2.12. The molecule has 0 amide bonds. The van der Waals surface area contributed by atoms with E-state index in [-0.39, 0.29) is 20.5 Å². The summed E-state index contributed by atoms with van der Waals surface area (Å²) in [5.74, 6) is -3.46. The first-order valence-corrected chi connectivity index (χ1v) is 10.9. The number of hydrogen-bond acceptors (Lipinski definition) is 4. The lowest BCUT2D eigenvalue weighted by atomic mass is 10.0. The Hall–Kier alpha value is -3.01. The van der Waals surface area contributed by atoms with Crippen molar-refractivity contribution in [3.05, 3.63) is 87.7 Å². The molecule has 0 saturated carbocycles. The van der Waals surface area contributed by atoms with Crippen LogP contribution in [0.1, 0.15) is 15.9 Å². The molecule has 6 nitrogen and oxygen atoms in total. The number of pyridine rings is 1. The zero-order valence-electron chi connectivity index (χ0n) is 15.3. The van der Waals surface area contributed by atoms with Crippen molar-refractivity contribution in [1.29, 1.82) is 0 Å². The number of halogens is 4. The minimum atomic E-state index is -4.30. The quantitative estimate of drug-likeness (QED) is 0.384. The third kappa shape index (κ3) is 3.87. The van der Waals surface area contributed by atoms with Gasteiger partial charge in [0.05, 0.1) is 26.2 Å². The zero-order valence-corrected chi connectivity index (χ0v) is 17.6. The van der Waals surface area contributed by atoms with Gasteiger partial charge in [0.25, 0.3) is 10.0 Å². The van der Waals surface area contributed by atoms with Crippen molar-refractivity contribution in [2.24, 2.45) is 0 Å². The van der Waals surface area contributed by atoms with Crippen LogP contribution < -0.4 is 4.72 Å². The molecule has 4 rings (SSSR count). The van der Waals surface area contributed by atoms with E-state index < -0.39 is 38.7 Å². The maximum Gasteiger partial charge on any atom is 0.262 e. The smallest absolute Gasteiger partial charge is 0.262 e. The number of fused-ring (bicyclic) bond motifs is 1. The SMILES string of the molecule is O=C(c1c(F)ccc(NS(=O)(=O)c2ccc(Cl)c(Cl)c2)c1F)c1c[nH]c2ncccc12. The maximum absolute atomic E-state index is 15.1. The Kier molecular flexibility index (Phi) is 5.42. The van der Waals surface area contributed by atoms with Crippen LogP contribution in [-0.4, -0.2) is 24.2 Å². The number of aromatic amines is 1. The molecule has 4 aromatic rings. The van der Waals surface area contributed by atoms with E-state index in [1.165, 1.54) is 24.5 Å². The number of nitrogens with zero attached hydrogens (tertiary/aromatic N) is 1. The number of carbonyl (C=O) groups is 1. The largest absolute Gasteiger partial charge is 0.345 e. The second-order valence-corrected chi connectivity index (χ2v) is 8.89. The molecule has 0 aliphatic rings. The first-order valence-electron chi connectivity index (χ1n) is 8.61. The zero-order chi connectivity index (χ0) is 22.3. The summed E-state index contributed by atoms with van der Waals surface area (Å²) >= 11 is 11.6. The number of hydrogen-bond donors (Lipinski definition) is 2. The molecular formula is C20H11Cl2F2N3O3S. The highest BCUT2D eigenvalue weighted by Crippen LogP contribution is 2.30. The van der Waals surface area contributed by atoms with Crippen LogP contribution in [0.5, 0.6) is 0 Å². The van der Waals surface area contributed by atoms with Gasteiger partial charge in [-0.25, -0.2) is 22.2 Å². The predicted molar refractivity (Wildman–Crippen MR) is 113 cm³/mol. The van der Waals surface area contributed by atoms with Gasteiger partial charge in [-0.1, -0.05) is 23.2 Å². The fraction of sp³-hybridized carbons (Fsp3) is 0. The van der Waals surface area contributed by atoms with Crippen molar-refractivity contribution in [3.8, 4) is 0 Å². The number of anilines is 1. The van der Waals surface area contributed by atoms with Crippen molar-refractivity contribution < 1.29 is 22.0 Å². The van der Waals surface area contributed by atoms with E-state index in [1.807, 2.05) is 4.72 Å². The summed E-state index contributed by atoms with van der Waals surface area (Å²) in [7, 11) is -4.30. The number of carbonyl (C=O) groups excluding carboxylic acids is 1. The summed E-state index contributed by atoms with van der Waals surface area (Å²) in [6.07, 6.45) is 2.78. The third-order valence-corrected chi connectivity index (χ3v) is 6.56. The second kappa shape index (κ2) is 7.92. The fourth-order valence-electron chi connectivity index (χ4n) is 2.97. The van der Waals surface area contributed by atoms with E-state index in [0.29, 0.717) is 11.0 Å². The molecule has 11 heteroatoms. The Morgan fingerprint density at radius 1 is 1.06 bits per heavy atom. The van der Waals surface area contributed by atoms with Gasteiger partial charge in [0.1, 0.15) is 11.5 Å². The van der Waals surface area contributed by atoms with Gasteiger partial charge in [0.15, 0.2) is 5.82 Å². The number of nitrogens with one attached hydrogen (secondary N) is 2. The van der Waals surface area contributed by atoms with Gasteiger partial charge in [-0.3, -0.25) is 9.52 Å². The average Bonchev–Trinajstić information content (AvgIpc) is 3.16. The van der Waals surface area contributed by atoms with Crippen LogP contribution in [0.25, 0.3) is 11.0 Å². The Balaban J connectivity index is 1.76. The second-order valence-electron chi connectivity index (χ2n) is 6.40. The molecule has 158 valence electrons. The normalized spacial score (nSPS) is 11.6. The Morgan fingerprint density at radius 3 is 2.58 bits per heavy atom. The van der Waals surface area contributed by atoms with Gasteiger partial charge in [-0.05, 0) is 42.5 Å². The topological polar surface area (TPSA) is 91.9 Å². The fourth-order valence-corrected chi connectivity index (χ4v) is 4.41. The van der Waals surface area contributed by atoms with Crippen LogP contribution in [0.4, 0.5) is 14.5 Å². The molecule has 0 aliphatic heterocycles. The molecule has 2 aromatic carbocycles. The number of ketones is 1. The highest BCUT2D eigenvalue weighted by atomic mass is 35.5. The number of rotatable bonds is 5. The predicted octanol–water partition coefficient (Wildman–Crippen LogP) is 5.18. The standard InChI is InChI=1S/C20H11Cl2F2N3O3S/c21-13-4-3-10(8-14(13)22)31(29,30)27-16-6-5-15(23)17(18(16)24)19(28)12-9-26-20-11(12)2-1-7-25-20/h1-9,27H,(H,25,26). The molecule has 2 heterocycles. The monoisotopic (exact) mass is 481 g/mol. The van der Waals surface area contributed by atoms with Crippen LogP contribution in [0.2, 0.25) is 10.0 Å². The molecule has 31 heavy (non-hydrogen) atoms. The number of sulfonamides is 1. The summed E-state index contributed by atoms with van der Waals surface area (Å²) in [5.41, 5.74) is -1.15. The van der Waals surface area contributed by atoms with Gasteiger partial charge >= 0.3 is 0 Å². The van der Waals surface area contributed by atoms with Crippen LogP contribution in [0, 0.1) is 11.6 Å². The molecule has 0 unspecified atom stereocenters. The van der Waals surface area contributed by atoms with Gasteiger partial charge in [-0.2, -0.15) is 0 Å². The Bertz CT molecular complexity index is 1460. The van der Waals surface area contributed by atoms with Crippen molar-refractivity contribution in [2.75, 3.05) is 4.72 Å². The van der Waals surface area contributed by atoms with E-state index in [4.69, 9.17) is 23.2 Å². The Labute approximate surface area is 184 Å². The van der Waals surface area contributed by atoms with Gasteiger partial charge in [-0.15, -0.1) is 0 Å². The Morgan fingerprint density at radius 2 is 1.84 bits per heavy atom. The first-order chi connectivity index (χ1) is 14.7. The average molecular weight is 482 g/mol. The molecule has 2 N–H and O–H groups in total. The summed E-state index contributed by atoms with van der Waals surface area (Å²) in [6.45, 7) is 0. The van der Waals surface area contributed by atoms with Crippen LogP contribution in [0.3, 0.4) is 0 Å². The van der Waals surface area contributed by atoms with Gasteiger partial charge in [0, 0.05) is 23.3 Å². The van der Waals surface area contributed by atoms with E-state index >= 15 is 4.39 Å². The van der Waals surface area contributed by atoms with Gasteiger partial charge < -0.3 is 4.98 Å². The molecule has 0 spiro atoms. The summed E-state index contributed by atoms with van der Waals surface area (Å²) in [6, 6.07) is 8.34. The summed E-state index contributed by atoms with van der Waals surface area (Å²) < 4.78 is 56.8. The van der Waals surface area contributed by atoms with Crippen molar-refractivity contribution in [2.45, 2.75) is 4.90 Å². The van der Waals surface area contributed by atoms with E-state index in [2.05, 4.69) is 9.97 Å². The minimum Gasteiger partial charge on any atom is -0.345 e. The highest BCUT2D eigenvalue weighted by molar-refractivity contribution is 7.92. The summed E-state index contributed by atoms with van der Waals surface area (Å²) in [5, 5.41) is 0.482. The molecule has 0 atom stereocenters. The molecule has 2 aromatic heterocycles. The van der Waals surface area contributed by atoms with Crippen LogP contribution >= 0.6 is 23.2 Å². The van der Waals surface area contributed by atoms with E-state index in [1.54, 1.807) is 12.1 Å². The highest BCUT2D eigenvalue weighted by Gasteiger charge is 2.26. The molecular weight excluding hydrogens is 471 g/mol. The molecule has 0 aliphatic carbocycles. The van der Waals surface area contributed by atoms with E-state index in [0.717, 1.165) is 18.2 Å². The van der Waals surface area contributed by atoms with Gasteiger partial charge in [0.2, 0.25) is 5.78 Å². The molecule has 0 saturated heterocycles. The van der Waals surface area contributed by atoms with E-state index in [9.17, 15) is 17.6 Å². The minimum absolute atomic E-state index is 0.00890. The molecule has 0 bridgehead atoms. The summed E-state index contributed by atoms with van der Waals surface area (Å²) in [4.78, 5) is 19.4. The number of H-pyrrole nitrogens is 1. The maximum atomic E-state index is 15.1. The first kappa shape index (κ1) is 21.2. The van der Waals surface area contributed by atoms with Crippen LogP contribution in [0.15, 0.2) is 59.8 Å². The van der Waals surface area contributed by atoms with Crippen molar-refractivity contribution in [3.63, 3.8) is 0 Å². The lowest BCUT2D eigenvalue weighted by molar-refractivity contribution is 0.103. The lowest BCUT2D eigenvalue weighted by Crippen LogP contribution is -2.16. The van der Waals surface area contributed by atoms with Crippen LogP contribution in [-0.2, 0) is 10.0 Å². The van der Waals surface area contributed by atoms with Crippen molar-refractivity contribution in [1.82, 2.24) is 9.97 Å². The third-order valence-electron chi connectivity index (χ3n) is 4.46. The molecule has 0 fully saturated rings. The number of aromatic nitrogens is 2. The van der Waals surface area contributed by atoms with Crippen molar-refractivity contribution >= 4 is 55.7 Å². The number of benzene rings is 2. The molecule has 0 radical (unpaired) electrons.